The minimum Gasteiger partial charge on any atom is -0.276 e. The predicted molar refractivity (Wildman–Crippen MR) is 170 cm³/mol. The molecular formula is C36H21N3S. The van der Waals surface area contributed by atoms with Gasteiger partial charge in [-0.1, -0.05) is 109 Å². The molecule has 186 valence electrons. The first kappa shape index (κ1) is 21.8. The predicted octanol–water partition coefficient (Wildman–Crippen LogP) is 9.91. The average Bonchev–Trinajstić information content (AvgIpc) is 3.58. The van der Waals surface area contributed by atoms with Crippen LogP contribution in [0.4, 0.5) is 0 Å². The molecule has 0 N–H and O–H groups in total. The fourth-order valence-corrected chi connectivity index (χ4v) is 7.57. The SMILES string of the molecule is c1ccc(-c2nc(-n3c4ccccc4c4c5ccccc5c5c6ccccc6sc5c43)nc3ccccc23)cc1. The van der Waals surface area contributed by atoms with Crippen LogP contribution in [-0.4, -0.2) is 14.5 Å². The highest BCUT2D eigenvalue weighted by Crippen LogP contribution is 2.47. The number of rotatable bonds is 2. The van der Waals surface area contributed by atoms with Gasteiger partial charge in [0.2, 0.25) is 5.95 Å². The molecule has 6 aromatic carbocycles. The molecule has 0 bridgehead atoms. The molecule has 4 heteroatoms. The van der Waals surface area contributed by atoms with E-state index >= 15 is 0 Å². The largest absolute Gasteiger partial charge is 0.276 e. The van der Waals surface area contributed by atoms with Crippen molar-refractivity contribution in [2.45, 2.75) is 0 Å². The normalized spacial score (nSPS) is 12.0. The number of hydrogen-bond acceptors (Lipinski definition) is 3. The molecule has 0 saturated heterocycles. The van der Waals surface area contributed by atoms with E-state index in [2.05, 4.69) is 126 Å². The van der Waals surface area contributed by atoms with E-state index in [-0.39, 0.29) is 0 Å². The zero-order valence-corrected chi connectivity index (χ0v) is 22.2. The first-order valence-corrected chi connectivity index (χ1v) is 14.3. The van der Waals surface area contributed by atoms with Gasteiger partial charge < -0.3 is 0 Å². The van der Waals surface area contributed by atoms with Crippen molar-refractivity contribution in [2.75, 3.05) is 0 Å². The smallest absolute Gasteiger partial charge is 0.235 e. The van der Waals surface area contributed by atoms with Gasteiger partial charge in [0, 0.05) is 37.2 Å². The van der Waals surface area contributed by atoms with E-state index in [0.717, 1.165) is 27.7 Å². The van der Waals surface area contributed by atoms with Crippen LogP contribution in [0.5, 0.6) is 0 Å². The number of fused-ring (bicyclic) bond motifs is 11. The molecule has 3 heterocycles. The summed E-state index contributed by atoms with van der Waals surface area (Å²) >= 11 is 1.86. The zero-order valence-electron chi connectivity index (χ0n) is 21.4. The van der Waals surface area contributed by atoms with E-state index in [9.17, 15) is 0 Å². The van der Waals surface area contributed by atoms with E-state index in [1.807, 2.05) is 17.4 Å². The van der Waals surface area contributed by atoms with Gasteiger partial charge >= 0.3 is 0 Å². The fourth-order valence-electron chi connectivity index (χ4n) is 6.31. The summed E-state index contributed by atoms with van der Waals surface area (Å²) in [6.07, 6.45) is 0. The third kappa shape index (κ3) is 2.94. The number of benzene rings is 6. The molecule has 3 aromatic heterocycles. The van der Waals surface area contributed by atoms with Crippen molar-refractivity contribution in [1.29, 1.82) is 0 Å². The summed E-state index contributed by atoms with van der Waals surface area (Å²) < 4.78 is 4.86. The van der Waals surface area contributed by atoms with Crippen LogP contribution < -0.4 is 0 Å². The minimum atomic E-state index is 0.692. The molecule has 0 amide bonds. The Balaban J connectivity index is 1.54. The molecule has 0 unspecified atom stereocenters. The van der Waals surface area contributed by atoms with Gasteiger partial charge in [0.1, 0.15) is 0 Å². The lowest BCUT2D eigenvalue weighted by Gasteiger charge is -2.12. The first-order valence-electron chi connectivity index (χ1n) is 13.4. The Morgan fingerprint density at radius 3 is 1.95 bits per heavy atom. The van der Waals surface area contributed by atoms with Gasteiger partial charge in [0.05, 0.1) is 26.9 Å². The molecular weight excluding hydrogens is 506 g/mol. The highest BCUT2D eigenvalue weighted by Gasteiger charge is 2.23. The molecule has 0 atom stereocenters. The minimum absolute atomic E-state index is 0.692. The molecule has 0 aliphatic heterocycles. The fraction of sp³-hybridized carbons (Fsp3) is 0. The maximum Gasteiger partial charge on any atom is 0.235 e. The molecule has 0 spiro atoms. The van der Waals surface area contributed by atoms with Crippen LogP contribution in [0, 0.1) is 0 Å². The molecule has 0 fully saturated rings. The average molecular weight is 528 g/mol. The lowest BCUT2D eigenvalue weighted by molar-refractivity contribution is 1.02. The van der Waals surface area contributed by atoms with Crippen molar-refractivity contribution in [3.63, 3.8) is 0 Å². The van der Waals surface area contributed by atoms with Gasteiger partial charge in [-0.3, -0.25) is 4.57 Å². The third-order valence-corrected chi connectivity index (χ3v) is 9.17. The Kier molecular flexibility index (Phi) is 4.48. The second kappa shape index (κ2) is 8.22. The summed E-state index contributed by atoms with van der Waals surface area (Å²) in [5.41, 5.74) is 5.25. The monoisotopic (exact) mass is 527 g/mol. The maximum absolute atomic E-state index is 5.31. The summed E-state index contributed by atoms with van der Waals surface area (Å²) in [6.45, 7) is 0. The highest BCUT2D eigenvalue weighted by atomic mass is 32.1. The standard InChI is InChI=1S/C36H21N3S/c1-2-12-22(13-3-1)33-25-16-6-9-19-28(25)37-36(38-33)39-29-20-10-7-17-26(29)31-23-14-4-5-15-24(23)32-27-18-8-11-21-30(27)40-35(32)34(31)39/h1-21H. The van der Waals surface area contributed by atoms with Crippen molar-refractivity contribution >= 4 is 75.0 Å². The van der Waals surface area contributed by atoms with Crippen LogP contribution >= 0.6 is 11.3 Å². The molecule has 40 heavy (non-hydrogen) atoms. The topological polar surface area (TPSA) is 30.7 Å². The summed E-state index contributed by atoms with van der Waals surface area (Å²) in [5.74, 6) is 0.692. The van der Waals surface area contributed by atoms with Crippen molar-refractivity contribution in [1.82, 2.24) is 14.5 Å². The Morgan fingerprint density at radius 2 is 1.12 bits per heavy atom. The molecule has 0 aliphatic rings. The van der Waals surface area contributed by atoms with Crippen LogP contribution in [-0.2, 0) is 0 Å². The van der Waals surface area contributed by atoms with Crippen molar-refractivity contribution in [2.24, 2.45) is 0 Å². The molecule has 9 rings (SSSR count). The quantitative estimate of drug-likeness (QED) is 0.224. The Hall–Kier alpha value is -5.06. The molecule has 0 aliphatic carbocycles. The van der Waals surface area contributed by atoms with Crippen LogP contribution in [0.15, 0.2) is 127 Å². The lowest BCUT2D eigenvalue weighted by atomic mass is 9.99. The van der Waals surface area contributed by atoms with E-state index in [1.165, 1.54) is 47.2 Å². The molecule has 9 aromatic rings. The van der Waals surface area contributed by atoms with Gasteiger partial charge in [-0.15, -0.1) is 11.3 Å². The van der Waals surface area contributed by atoms with Crippen LogP contribution in [0.3, 0.4) is 0 Å². The van der Waals surface area contributed by atoms with Crippen LogP contribution in [0.2, 0.25) is 0 Å². The van der Waals surface area contributed by atoms with Crippen LogP contribution in [0.1, 0.15) is 0 Å². The number of para-hydroxylation sites is 2. The second-order valence-electron chi connectivity index (χ2n) is 10.2. The van der Waals surface area contributed by atoms with E-state index in [4.69, 9.17) is 9.97 Å². The van der Waals surface area contributed by atoms with E-state index in [0.29, 0.717) is 5.95 Å². The lowest BCUT2D eigenvalue weighted by Crippen LogP contribution is -2.03. The summed E-state index contributed by atoms with van der Waals surface area (Å²) in [5, 5.41) is 8.66. The van der Waals surface area contributed by atoms with Crippen LogP contribution in [0.25, 0.3) is 80.9 Å². The second-order valence-corrected chi connectivity index (χ2v) is 11.2. The van der Waals surface area contributed by atoms with Crippen molar-refractivity contribution in [3.8, 4) is 17.2 Å². The highest BCUT2D eigenvalue weighted by molar-refractivity contribution is 7.27. The molecule has 3 nitrogen and oxygen atoms in total. The van der Waals surface area contributed by atoms with Gasteiger partial charge in [-0.2, -0.15) is 0 Å². The zero-order chi connectivity index (χ0) is 26.2. The summed E-state index contributed by atoms with van der Waals surface area (Å²) in [7, 11) is 0. The summed E-state index contributed by atoms with van der Waals surface area (Å²) in [4.78, 5) is 10.5. The van der Waals surface area contributed by atoms with Crippen molar-refractivity contribution in [3.05, 3.63) is 127 Å². The molecule has 0 saturated carbocycles. The Labute approximate surface area is 233 Å². The van der Waals surface area contributed by atoms with Gasteiger partial charge in [0.25, 0.3) is 0 Å². The van der Waals surface area contributed by atoms with Gasteiger partial charge in [-0.05, 0) is 29.0 Å². The number of aromatic nitrogens is 3. The Bertz CT molecular complexity index is 2430. The Morgan fingerprint density at radius 1 is 0.500 bits per heavy atom. The number of nitrogens with zero attached hydrogens (tertiary/aromatic N) is 3. The van der Waals surface area contributed by atoms with Gasteiger partial charge in [0.15, 0.2) is 0 Å². The first-order chi connectivity index (χ1) is 19.9. The maximum atomic E-state index is 5.31. The van der Waals surface area contributed by atoms with E-state index < -0.39 is 0 Å². The van der Waals surface area contributed by atoms with E-state index in [1.54, 1.807) is 0 Å². The van der Waals surface area contributed by atoms with Crippen molar-refractivity contribution < 1.29 is 0 Å². The van der Waals surface area contributed by atoms with Gasteiger partial charge in [-0.25, -0.2) is 9.97 Å². The summed E-state index contributed by atoms with van der Waals surface area (Å²) in [6, 6.07) is 45.0. The molecule has 0 radical (unpaired) electrons. The number of thiophene rings is 1. The third-order valence-electron chi connectivity index (χ3n) is 7.99. The number of hydrogen-bond donors (Lipinski definition) is 0.